The van der Waals surface area contributed by atoms with E-state index < -0.39 is 34.0 Å². The van der Waals surface area contributed by atoms with Crippen molar-refractivity contribution >= 4 is 28.5 Å². The number of piperidine rings is 2. The molecular weight excluding hydrogens is 672 g/mol. The third kappa shape index (κ3) is 4.66. The van der Waals surface area contributed by atoms with Gasteiger partial charge in [-0.15, -0.1) is 0 Å². The molecule has 5 aliphatic heterocycles. The van der Waals surface area contributed by atoms with Gasteiger partial charge in [0, 0.05) is 72.1 Å². The number of para-hydroxylation sites is 1. The number of carbonyl (C=O) groups is 2. The van der Waals surface area contributed by atoms with Crippen molar-refractivity contribution in [2.24, 2.45) is 11.8 Å². The minimum Gasteiger partial charge on any atom is -0.496 e. The molecule has 0 amide bonds. The maximum atomic E-state index is 15.1. The normalized spacial score (nSPS) is 37.4. The van der Waals surface area contributed by atoms with Gasteiger partial charge in [-0.2, -0.15) is 0 Å². The van der Waals surface area contributed by atoms with Crippen molar-refractivity contribution in [1.29, 1.82) is 0 Å². The molecule has 3 aromatic rings. The van der Waals surface area contributed by atoms with Crippen molar-refractivity contribution in [3.63, 3.8) is 0 Å². The molecule has 6 aliphatic rings. The average molecular weight is 727 g/mol. The van der Waals surface area contributed by atoms with Crippen LogP contribution < -0.4 is 9.64 Å². The number of aliphatic hydroxyl groups is 2. The van der Waals surface area contributed by atoms with Crippen LogP contribution in [0.1, 0.15) is 74.3 Å². The first-order valence-electron chi connectivity index (χ1n) is 19.6. The smallest absolute Gasteiger partial charge is 0.340 e. The van der Waals surface area contributed by atoms with Gasteiger partial charge in [-0.25, -0.2) is 4.79 Å². The summed E-state index contributed by atoms with van der Waals surface area (Å²) in [5.74, 6) is -0.334. The highest BCUT2D eigenvalue weighted by atomic mass is 16.5. The number of rotatable bonds is 5. The first kappa shape index (κ1) is 35.1. The molecule has 284 valence electrons. The first-order chi connectivity index (χ1) is 25.5. The quantitative estimate of drug-likeness (QED) is 0.334. The summed E-state index contributed by atoms with van der Waals surface area (Å²) in [6.07, 6.45) is 5.36. The first-order valence-corrected chi connectivity index (χ1v) is 19.6. The number of ether oxygens (including phenoxy) is 3. The van der Waals surface area contributed by atoms with Crippen molar-refractivity contribution < 1.29 is 34.0 Å². The van der Waals surface area contributed by atoms with Gasteiger partial charge in [0.2, 0.25) is 0 Å². The summed E-state index contributed by atoms with van der Waals surface area (Å²) in [7, 11) is 6.46. The van der Waals surface area contributed by atoms with Crippen molar-refractivity contribution in [3.8, 4) is 5.75 Å². The largest absolute Gasteiger partial charge is 0.496 e. The Morgan fingerprint density at radius 3 is 2.53 bits per heavy atom. The Labute approximate surface area is 311 Å². The summed E-state index contributed by atoms with van der Waals surface area (Å²) >= 11 is 0. The Hall–Kier alpha value is -3.64. The van der Waals surface area contributed by atoms with E-state index in [1.165, 1.54) is 14.2 Å². The predicted octanol–water partition coefficient (Wildman–Crippen LogP) is 3.89. The molecule has 2 bridgehead atoms. The van der Waals surface area contributed by atoms with Crippen LogP contribution in [0.25, 0.3) is 10.9 Å². The number of anilines is 1. The molecule has 9 atom stereocenters. The Balaban J connectivity index is 1.34. The van der Waals surface area contributed by atoms with Gasteiger partial charge >= 0.3 is 11.9 Å². The van der Waals surface area contributed by atoms with Crippen LogP contribution in [0.4, 0.5) is 5.69 Å². The van der Waals surface area contributed by atoms with E-state index in [9.17, 15) is 15.0 Å². The second kappa shape index (κ2) is 12.2. The number of benzene rings is 2. The predicted molar refractivity (Wildman–Crippen MR) is 200 cm³/mol. The number of hydrogen-bond donors (Lipinski definition) is 3. The third-order valence-electron chi connectivity index (χ3n) is 14.7. The Bertz CT molecular complexity index is 1980. The van der Waals surface area contributed by atoms with E-state index >= 15 is 4.79 Å². The molecule has 3 N–H and O–H groups in total. The van der Waals surface area contributed by atoms with E-state index in [1.807, 2.05) is 32.2 Å². The average Bonchev–Trinajstić information content (AvgIpc) is 3.82. The number of aromatic nitrogens is 1. The number of H-pyrrole nitrogens is 1. The van der Waals surface area contributed by atoms with Gasteiger partial charge in [0.05, 0.1) is 33.0 Å². The van der Waals surface area contributed by atoms with E-state index in [0.717, 1.165) is 84.4 Å². The van der Waals surface area contributed by atoms with Crippen LogP contribution in [-0.4, -0.2) is 121 Å². The molecule has 1 unspecified atom stereocenters. The molecule has 4 fully saturated rings. The topological polar surface area (TPSA) is 128 Å². The SMILES string of the molecule is CC[C@]1(O)C[C@@H]2CN(CCc3c([nH]c4ccccc34)[C@@](C(=O)OC)(c3cc4c(cc3OC)N(C)[C@@H]3[C@]45CCN4CCC[C@@H](C[C@]3(O)C(=O)OC)[C@H]45)C2)C1. The number of fused-ring (bicyclic) bond motifs is 6. The van der Waals surface area contributed by atoms with Crippen molar-refractivity contribution in [2.75, 3.05) is 66.0 Å². The van der Waals surface area contributed by atoms with Crippen LogP contribution in [0.3, 0.4) is 0 Å². The molecule has 53 heavy (non-hydrogen) atoms. The van der Waals surface area contributed by atoms with E-state index in [4.69, 9.17) is 14.2 Å². The summed E-state index contributed by atoms with van der Waals surface area (Å²) in [6.45, 7) is 6.01. The van der Waals surface area contributed by atoms with Gasteiger partial charge < -0.3 is 34.3 Å². The summed E-state index contributed by atoms with van der Waals surface area (Å²) in [6, 6.07) is 12.0. The zero-order valence-corrected chi connectivity index (χ0v) is 31.7. The van der Waals surface area contributed by atoms with Crippen LogP contribution in [0.2, 0.25) is 0 Å². The lowest BCUT2D eigenvalue weighted by molar-refractivity contribution is -0.177. The highest BCUT2D eigenvalue weighted by Crippen LogP contribution is 2.64. The number of carbonyl (C=O) groups excluding carboxylic acids is 2. The second-order valence-electron chi connectivity index (χ2n) is 17.1. The highest BCUT2D eigenvalue weighted by molar-refractivity contribution is 5.94. The molecule has 1 aliphatic carbocycles. The number of esters is 2. The third-order valence-corrected chi connectivity index (χ3v) is 14.7. The molecule has 3 saturated heterocycles. The van der Waals surface area contributed by atoms with Crippen LogP contribution in [0.5, 0.6) is 5.75 Å². The standard InChI is InChI=1S/C42H54N4O7/c1-6-39(49)20-25-21-41(37(47)52-4,34-28(13-16-45(23-25)24-39)27-11-7-8-12-31(27)43-34)30-18-29-32(19-33(30)51-3)44(2)36-40(29)14-17-46-15-9-10-26(35(40)46)22-42(36,50)38(48)53-5/h7-8,11-12,18-19,25-26,35-36,43,49-50H,6,9-10,13-17,20-24H2,1-5H3/t25-,26-,35-,36+,39-,40+,41-,42+/m0/s1. The van der Waals surface area contributed by atoms with Crippen LogP contribution in [-0.2, 0) is 36.3 Å². The minimum absolute atomic E-state index is 0.0273. The minimum atomic E-state index is -1.72. The lowest BCUT2D eigenvalue weighted by Gasteiger charge is -2.56. The number of nitrogens with one attached hydrogen (secondary N) is 1. The second-order valence-corrected chi connectivity index (χ2v) is 17.1. The van der Waals surface area contributed by atoms with Crippen molar-refractivity contribution in [1.82, 2.24) is 14.8 Å². The van der Waals surface area contributed by atoms with Crippen LogP contribution in [0.15, 0.2) is 36.4 Å². The molecule has 2 aromatic carbocycles. The lowest BCUT2D eigenvalue weighted by atomic mass is 9.54. The fraction of sp³-hybridized carbons (Fsp3) is 0.619. The maximum absolute atomic E-state index is 15.1. The molecule has 0 radical (unpaired) electrons. The molecule has 11 heteroatoms. The summed E-state index contributed by atoms with van der Waals surface area (Å²) in [5, 5.41) is 25.6. The molecule has 6 heterocycles. The van der Waals surface area contributed by atoms with Gasteiger partial charge in [0.25, 0.3) is 0 Å². The van der Waals surface area contributed by atoms with Gasteiger partial charge in [0.15, 0.2) is 5.60 Å². The summed E-state index contributed by atoms with van der Waals surface area (Å²) in [5.41, 5.74) is 1.01. The fourth-order valence-electron chi connectivity index (χ4n) is 12.8. The molecule has 11 nitrogen and oxygen atoms in total. The van der Waals surface area contributed by atoms with Gasteiger partial charge in [-0.05, 0) is 99.6 Å². The Morgan fingerprint density at radius 2 is 1.77 bits per heavy atom. The van der Waals surface area contributed by atoms with E-state index in [0.29, 0.717) is 44.4 Å². The molecule has 1 spiro atoms. The number of aromatic amines is 1. The number of nitrogens with zero attached hydrogens (tertiary/aromatic N) is 3. The zero-order valence-electron chi connectivity index (χ0n) is 31.7. The number of likely N-dealkylation sites (N-methyl/N-ethyl adjacent to an activating group) is 1. The Morgan fingerprint density at radius 1 is 0.981 bits per heavy atom. The fourth-order valence-corrected chi connectivity index (χ4v) is 12.8. The highest BCUT2D eigenvalue weighted by Gasteiger charge is 2.72. The van der Waals surface area contributed by atoms with E-state index in [1.54, 1.807) is 7.11 Å². The summed E-state index contributed by atoms with van der Waals surface area (Å²) < 4.78 is 17.6. The van der Waals surface area contributed by atoms with Crippen LogP contribution in [0, 0.1) is 11.8 Å². The monoisotopic (exact) mass is 726 g/mol. The van der Waals surface area contributed by atoms with Crippen molar-refractivity contribution in [3.05, 3.63) is 58.8 Å². The molecule has 1 saturated carbocycles. The molecule has 1 aromatic heterocycles. The molecular formula is C42H54N4O7. The van der Waals surface area contributed by atoms with Gasteiger partial charge in [-0.1, -0.05) is 25.1 Å². The van der Waals surface area contributed by atoms with Gasteiger partial charge in [-0.3, -0.25) is 14.6 Å². The van der Waals surface area contributed by atoms with E-state index in [-0.39, 0.29) is 23.8 Å². The van der Waals surface area contributed by atoms with Gasteiger partial charge in [0.1, 0.15) is 11.2 Å². The number of hydrogen-bond acceptors (Lipinski definition) is 10. The number of methoxy groups -OCH3 is 3. The van der Waals surface area contributed by atoms with Crippen molar-refractivity contribution in [2.45, 2.75) is 92.4 Å². The van der Waals surface area contributed by atoms with Crippen LogP contribution >= 0.6 is 0 Å². The zero-order chi connectivity index (χ0) is 37.1. The lowest BCUT2D eigenvalue weighted by Crippen LogP contribution is -2.72. The maximum Gasteiger partial charge on any atom is 0.340 e. The molecule has 9 rings (SSSR count). The Kier molecular flexibility index (Phi) is 8.06. The van der Waals surface area contributed by atoms with E-state index in [2.05, 4.69) is 37.9 Å². The summed E-state index contributed by atoms with van der Waals surface area (Å²) in [4.78, 5) is 39.7.